The molecule has 1 aromatic heterocycles. The van der Waals surface area contributed by atoms with Gasteiger partial charge in [-0.1, -0.05) is 30.3 Å². The monoisotopic (exact) mass is 331 g/mol. The summed E-state index contributed by atoms with van der Waals surface area (Å²) >= 11 is 1.12. The standard InChI is InChI=1S/C15H17N5O2S/c1-10-13(21)19(2)8-9-20(10)15(22)17-14-16-12(18-23-14)11-6-4-3-5-7-11/h3-7,10H,8-9H2,1-2H3,(H,16,17,18,22). The number of benzene rings is 1. The number of amides is 3. The molecular formula is C15H17N5O2S. The molecule has 0 bridgehead atoms. The zero-order chi connectivity index (χ0) is 16.4. The topological polar surface area (TPSA) is 78.4 Å². The summed E-state index contributed by atoms with van der Waals surface area (Å²) < 4.78 is 4.25. The van der Waals surface area contributed by atoms with Crippen LogP contribution in [0.5, 0.6) is 0 Å². The van der Waals surface area contributed by atoms with E-state index >= 15 is 0 Å². The molecule has 0 aliphatic carbocycles. The molecule has 1 unspecified atom stereocenters. The van der Waals surface area contributed by atoms with E-state index in [1.807, 2.05) is 30.3 Å². The zero-order valence-corrected chi connectivity index (χ0v) is 13.7. The van der Waals surface area contributed by atoms with Crippen LogP contribution in [0.3, 0.4) is 0 Å². The number of hydrogen-bond acceptors (Lipinski definition) is 5. The van der Waals surface area contributed by atoms with Gasteiger partial charge in [-0.15, -0.1) is 0 Å². The lowest BCUT2D eigenvalue weighted by Gasteiger charge is -2.36. The molecule has 1 saturated heterocycles. The highest BCUT2D eigenvalue weighted by Crippen LogP contribution is 2.21. The maximum absolute atomic E-state index is 12.4. The lowest BCUT2D eigenvalue weighted by atomic mass is 10.2. The Morgan fingerprint density at radius 2 is 2.04 bits per heavy atom. The molecule has 23 heavy (non-hydrogen) atoms. The number of likely N-dealkylation sites (N-methyl/N-ethyl adjacent to an activating group) is 1. The molecule has 2 aromatic rings. The number of rotatable bonds is 2. The van der Waals surface area contributed by atoms with Crippen molar-refractivity contribution in [2.75, 3.05) is 25.5 Å². The predicted molar refractivity (Wildman–Crippen MR) is 88.2 cm³/mol. The van der Waals surface area contributed by atoms with Crippen molar-refractivity contribution in [3.05, 3.63) is 30.3 Å². The van der Waals surface area contributed by atoms with Gasteiger partial charge in [-0.3, -0.25) is 10.1 Å². The van der Waals surface area contributed by atoms with Crippen LogP contribution < -0.4 is 5.32 Å². The summed E-state index contributed by atoms with van der Waals surface area (Å²) in [6, 6.07) is 8.76. The van der Waals surface area contributed by atoms with E-state index in [0.29, 0.717) is 24.0 Å². The van der Waals surface area contributed by atoms with E-state index in [1.165, 1.54) is 4.90 Å². The second-order valence-corrected chi connectivity index (χ2v) is 6.10. The first-order valence-corrected chi connectivity index (χ1v) is 8.05. The third-order valence-electron chi connectivity index (χ3n) is 3.81. The highest BCUT2D eigenvalue weighted by atomic mass is 32.1. The van der Waals surface area contributed by atoms with Crippen LogP contribution in [0.1, 0.15) is 6.92 Å². The van der Waals surface area contributed by atoms with Crippen LogP contribution >= 0.6 is 11.5 Å². The SMILES string of the molecule is CC1C(=O)N(C)CCN1C(=O)Nc1nc(-c2ccccc2)ns1. The van der Waals surface area contributed by atoms with Crippen molar-refractivity contribution in [3.8, 4) is 11.4 Å². The average molecular weight is 331 g/mol. The Morgan fingerprint density at radius 3 is 2.78 bits per heavy atom. The zero-order valence-electron chi connectivity index (χ0n) is 12.9. The van der Waals surface area contributed by atoms with Crippen LogP contribution in [-0.4, -0.2) is 57.3 Å². The number of anilines is 1. The van der Waals surface area contributed by atoms with Crippen LogP contribution in [0, 0.1) is 0 Å². The van der Waals surface area contributed by atoms with E-state index < -0.39 is 6.04 Å². The first kappa shape index (κ1) is 15.4. The number of nitrogens with one attached hydrogen (secondary N) is 1. The van der Waals surface area contributed by atoms with Gasteiger partial charge in [-0.2, -0.15) is 9.36 Å². The number of urea groups is 1. The first-order chi connectivity index (χ1) is 11.1. The summed E-state index contributed by atoms with van der Waals surface area (Å²) in [5.41, 5.74) is 0.896. The molecule has 1 aliphatic rings. The van der Waals surface area contributed by atoms with Crippen molar-refractivity contribution in [3.63, 3.8) is 0 Å². The minimum atomic E-state index is -0.477. The van der Waals surface area contributed by atoms with Crippen molar-refractivity contribution in [2.24, 2.45) is 0 Å². The Hall–Kier alpha value is -2.48. The van der Waals surface area contributed by atoms with Crippen LogP contribution in [-0.2, 0) is 4.79 Å². The van der Waals surface area contributed by atoms with Gasteiger partial charge in [-0.05, 0) is 6.92 Å². The molecule has 0 radical (unpaired) electrons. The van der Waals surface area contributed by atoms with Gasteiger partial charge in [0.1, 0.15) is 6.04 Å². The molecule has 1 aliphatic heterocycles. The van der Waals surface area contributed by atoms with Gasteiger partial charge in [0.15, 0.2) is 5.82 Å². The van der Waals surface area contributed by atoms with Crippen molar-refractivity contribution >= 4 is 28.6 Å². The number of hydrogen-bond donors (Lipinski definition) is 1. The van der Waals surface area contributed by atoms with Gasteiger partial charge in [0.05, 0.1) is 0 Å². The Balaban J connectivity index is 1.69. The van der Waals surface area contributed by atoms with E-state index in [0.717, 1.165) is 17.1 Å². The fraction of sp³-hybridized carbons (Fsp3) is 0.333. The Kier molecular flexibility index (Phi) is 4.24. The molecule has 1 fully saturated rings. The van der Waals surface area contributed by atoms with Crippen molar-refractivity contribution in [2.45, 2.75) is 13.0 Å². The third-order valence-corrected chi connectivity index (χ3v) is 4.44. The van der Waals surface area contributed by atoms with Gasteiger partial charge in [0.25, 0.3) is 0 Å². The largest absolute Gasteiger partial charge is 0.342 e. The Bertz CT molecular complexity index is 718. The minimum absolute atomic E-state index is 0.0614. The molecule has 0 spiro atoms. The smallest absolute Gasteiger partial charge is 0.324 e. The lowest BCUT2D eigenvalue weighted by molar-refractivity contribution is -0.137. The van der Waals surface area contributed by atoms with E-state index in [-0.39, 0.29) is 11.9 Å². The molecule has 120 valence electrons. The minimum Gasteiger partial charge on any atom is -0.342 e. The van der Waals surface area contributed by atoms with Crippen LogP contribution in [0.15, 0.2) is 30.3 Å². The number of nitrogens with zero attached hydrogens (tertiary/aromatic N) is 4. The molecule has 1 N–H and O–H groups in total. The summed E-state index contributed by atoms with van der Waals surface area (Å²) in [4.78, 5) is 31.8. The molecule has 8 heteroatoms. The highest BCUT2D eigenvalue weighted by Gasteiger charge is 2.32. The van der Waals surface area contributed by atoms with Gasteiger partial charge in [-0.25, -0.2) is 4.79 Å². The second-order valence-electron chi connectivity index (χ2n) is 5.35. The van der Waals surface area contributed by atoms with E-state index in [4.69, 9.17) is 0 Å². The number of carbonyl (C=O) groups is 2. The van der Waals surface area contributed by atoms with E-state index in [9.17, 15) is 9.59 Å². The van der Waals surface area contributed by atoms with Crippen LogP contribution in [0.2, 0.25) is 0 Å². The first-order valence-electron chi connectivity index (χ1n) is 7.28. The number of piperazine rings is 1. The van der Waals surface area contributed by atoms with Gasteiger partial charge < -0.3 is 9.80 Å². The molecule has 7 nitrogen and oxygen atoms in total. The molecule has 1 aromatic carbocycles. The van der Waals surface area contributed by atoms with Crippen LogP contribution in [0.4, 0.5) is 9.93 Å². The quantitative estimate of drug-likeness (QED) is 0.911. The predicted octanol–water partition coefficient (Wildman–Crippen LogP) is 1.90. The number of aromatic nitrogens is 2. The summed E-state index contributed by atoms with van der Waals surface area (Å²) in [6.07, 6.45) is 0. The van der Waals surface area contributed by atoms with Crippen molar-refractivity contribution in [1.82, 2.24) is 19.2 Å². The molecule has 2 heterocycles. The summed E-state index contributed by atoms with van der Waals surface area (Å²) in [6.45, 7) is 2.76. The Morgan fingerprint density at radius 1 is 1.30 bits per heavy atom. The van der Waals surface area contributed by atoms with E-state index in [1.54, 1.807) is 18.9 Å². The van der Waals surface area contributed by atoms with Crippen molar-refractivity contribution in [1.29, 1.82) is 0 Å². The van der Waals surface area contributed by atoms with Crippen LogP contribution in [0.25, 0.3) is 11.4 Å². The summed E-state index contributed by atoms with van der Waals surface area (Å²) in [5.74, 6) is 0.516. The highest BCUT2D eigenvalue weighted by molar-refractivity contribution is 7.10. The fourth-order valence-corrected chi connectivity index (χ4v) is 3.01. The third kappa shape index (κ3) is 3.16. The Labute approximate surface area is 138 Å². The fourth-order valence-electron chi connectivity index (χ4n) is 2.43. The molecule has 0 saturated carbocycles. The number of carbonyl (C=O) groups excluding carboxylic acids is 2. The summed E-state index contributed by atoms with van der Waals surface area (Å²) in [7, 11) is 1.74. The summed E-state index contributed by atoms with van der Waals surface area (Å²) in [5, 5.41) is 3.15. The molecule has 3 rings (SSSR count). The lowest BCUT2D eigenvalue weighted by Crippen LogP contribution is -2.57. The van der Waals surface area contributed by atoms with Gasteiger partial charge >= 0.3 is 6.03 Å². The van der Waals surface area contributed by atoms with Gasteiger partial charge in [0, 0.05) is 37.2 Å². The maximum Gasteiger partial charge on any atom is 0.324 e. The van der Waals surface area contributed by atoms with Gasteiger partial charge in [0.2, 0.25) is 11.0 Å². The molecular weight excluding hydrogens is 314 g/mol. The second kappa shape index (κ2) is 6.33. The average Bonchev–Trinajstić information content (AvgIpc) is 3.02. The van der Waals surface area contributed by atoms with Crippen molar-refractivity contribution < 1.29 is 9.59 Å². The molecule has 3 amide bonds. The maximum atomic E-state index is 12.4. The molecule has 1 atom stereocenters. The normalized spacial score (nSPS) is 18.2. The van der Waals surface area contributed by atoms with E-state index in [2.05, 4.69) is 14.7 Å².